The van der Waals surface area contributed by atoms with Crippen LogP contribution in [0.3, 0.4) is 0 Å². The van der Waals surface area contributed by atoms with Crippen molar-refractivity contribution in [1.29, 1.82) is 0 Å². The van der Waals surface area contributed by atoms with E-state index in [1.807, 2.05) is 35.2 Å². The van der Waals surface area contributed by atoms with E-state index in [1.54, 1.807) is 6.07 Å². The van der Waals surface area contributed by atoms with Crippen LogP contribution in [0, 0.1) is 0 Å². The Hall–Kier alpha value is -2.37. The number of carbonyl (C=O) groups excluding carboxylic acids is 1. The molecule has 1 fully saturated rings. The van der Waals surface area contributed by atoms with Crippen LogP contribution >= 0.6 is 0 Å². The summed E-state index contributed by atoms with van der Waals surface area (Å²) in [5, 5.41) is 11.1. The van der Waals surface area contributed by atoms with Gasteiger partial charge in [-0.25, -0.2) is 0 Å². The van der Waals surface area contributed by atoms with E-state index in [9.17, 15) is 4.79 Å². The maximum Gasteiger partial charge on any atom is 0.271 e. The fourth-order valence-corrected chi connectivity index (χ4v) is 2.65. The summed E-state index contributed by atoms with van der Waals surface area (Å²) in [4.78, 5) is 14.3. The van der Waals surface area contributed by atoms with Crippen molar-refractivity contribution in [1.82, 2.24) is 20.1 Å². The minimum atomic E-state index is -0.176. The summed E-state index contributed by atoms with van der Waals surface area (Å²) in [6.07, 6.45) is 7.62. The second kappa shape index (κ2) is 7.06. The zero-order valence-corrected chi connectivity index (χ0v) is 12.6. The molecule has 0 atom stereocenters. The van der Waals surface area contributed by atoms with Crippen molar-refractivity contribution in [3.8, 4) is 0 Å². The highest BCUT2D eigenvalue weighted by Crippen LogP contribution is 2.16. The molecule has 1 saturated heterocycles. The standard InChI is InChI=1S/C16H21N5O/c22-16(17-8-13-20-9-4-5-10-20)14-6-7-15(19-18-14)21-11-2-1-3-12-21/h4-7,9-10H,1-3,8,11-13H2,(H,17,22). The molecule has 1 amide bonds. The lowest BCUT2D eigenvalue weighted by Gasteiger charge is -2.27. The van der Waals surface area contributed by atoms with Crippen molar-refractivity contribution >= 4 is 11.7 Å². The number of hydrogen-bond donors (Lipinski definition) is 1. The smallest absolute Gasteiger partial charge is 0.271 e. The maximum atomic E-state index is 12.0. The minimum absolute atomic E-state index is 0.176. The van der Waals surface area contributed by atoms with E-state index < -0.39 is 0 Å². The number of hydrogen-bond acceptors (Lipinski definition) is 4. The Labute approximate surface area is 130 Å². The molecule has 0 aromatic carbocycles. The molecule has 2 aromatic heterocycles. The summed E-state index contributed by atoms with van der Waals surface area (Å²) in [7, 11) is 0. The Morgan fingerprint density at radius 3 is 2.55 bits per heavy atom. The van der Waals surface area contributed by atoms with E-state index in [1.165, 1.54) is 19.3 Å². The Balaban J connectivity index is 1.51. The van der Waals surface area contributed by atoms with Gasteiger partial charge < -0.3 is 14.8 Å². The van der Waals surface area contributed by atoms with Crippen LogP contribution in [0.2, 0.25) is 0 Å². The topological polar surface area (TPSA) is 63.1 Å². The van der Waals surface area contributed by atoms with Crippen LogP contribution in [0.25, 0.3) is 0 Å². The zero-order chi connectivity index (χ0) is 15.2. The van der Waals surface area contributed by atoms with Crippen molar-refractivity contribution in [2.24, 2.45) is 0 Å². The van der Waals surface area contributed by atoms with E-state index in [4.69, 9.17) is 0 Å². The highest BCUT2D eigenvalue weighted by Gasteiger charge is 2.14. The van der Waals surface area contributed by atoms with Crippen molar-refractivity contribution in [3.63, 3.8) is 0 Å². The van der Waals surface area contributed by atoms with E-state index in [-0.39, 0.29) is 5.91 Å². The van der Waals surface area contributed by atoms with Gasteiger partial charge in [-0.2, -0.15) is 0 Å². The molecule has 116 valence electrons. The molecule has 0 bridgehead atoms. The Morgan fingerprint density at radius 1 is 1.09 bits per heavy atom. The largest absolute Gasteiger partial charge is 0.355 e. The van der Waals surface area contributed by atoms with E-state index >= 15 is 0 Å². The van der Waals surface area contributed by atoms with Crippen LogP contribution in [-0.2, 0) is 6.54 Å². The molecule has 1 aliphatic rings. The van der Waals surface area contributed by atoms with E-state index in [0.717, 1.165) is 25.5 Å². The molecule has 0 radical (unpaired) electrons. The van der Waals surface area contributed by atoms with Gasteiger partial charge in [-0.3, -0.25) is 4.79 Å². The van der Waals surface area contributed by atoms with Crippen LogP contribution in [0.4, 0.5) is 5.82 Å². The Bertz CT molecular complexity index is 588. The number of nitrogens with one attached hydrogen (secondary N) is 1. The van der Waals surface area contributed by atoms with Crippen LogP contribution < -0.4 is 10.2 Å². The summed E-state index contributed by atoms with van der Waals surface area (Å²) in [5.41, 5.74) is 0.369. The second-order valence-electron chi connectivity index (χ2n) is 5.50. The molecule has 0 spiro atoms. The van der Waals surface area contributed by atoms with Crippen LogP contribution in [0.15, 0.2) is 36.7 Å². The van der Waals surface area contributed by atoms with Crippen molar-refractivity contribution in [2.75, 3.05) is 24.5 Å². The van der Waals surface area contributed by atoms with Crippen molar-refractivity contribution in [2.45, 2.75) is 25.8 Å². The summed E-state index contributed by atoms with van der Waals surface area (Å²) in [5.74, 6) is 0.688. The normalized spacial score (nSPS) is 14.8. The maximum absolute atomic E-state index is 12.0. The highest BCUT2D eigenvalue weighted by molar-refractivity contribution is 5.92. The summed E-state index contributed by atoms with van der Waals surface area (Å²) >= 11 is 0. The number of carbonyl (C=O) groups is 1. The number of piperidine rings is 1. The second-order valence-corrected chi connectivity index (χ2v) is 5.50. The Kier molecular flexibility index (Phi) is 4.68. The molecule has 0 aliphatic carbocycles. The van der Waals surface area contributed by atoms with Gasteiger partial charge in [-0.1, -0.05) is 0 Å². The number of aromatic nitrogens is 3. The molecule has 3 rings (SSSR count). The van der Waals surface area contributed by atoms with Gasteiger partial charge in [-0.05, 0) is 43.5 Å². The van der Waals surface area contributed by atoms with Crippen molar-refractivity contribution < 1.29 is 4.79 Å². The number of anilines is 1. The lowest BCUT2D eigenvalue weighted by atomic mass is 10.1. The summed E-state index contributed by atoms with van der Waals surface area (Å²) in [6, 6.07) is 7.57. The first kappa shape index (κ1) is 14.6. The number of rotatable bonds is 5. The molecule has 0 unspecified atom stereocenters. The number of nitrogens with zero attached hydrogens (tertiary/aromatic N) is 4. The first-order valence-electron chi connectivity index (χ1n) is 7.80. The third-order valence-electron chi connectivity index (χ3n) is 3.88. The van der Waals surface area contributed by atoms with E-state index in [0.29, 0.717) is 12.2 Å². The molecule has 1 aliphatic heterocycles. The average molecular weight is 299 g/mol. The van der Waals surface area contributed by atoms with Gasteiger partial charge in [-0.15, -0.1) is 10.2 Å². The molecule has 1 N–H and O–H groups in total. The quantitative estimate of drug-likeness (QED) is 0.913. The van der Waals surface area contributed by atoms with Crippen LogP contribution in [0.1, 0.15) is 29.8 Å². The third kappa shape index (κ3) is 3.63. The molecule has 22 heavy (non-hydrogen) atoms. The van der Waals surface area contributed by atoms with Gasteiger partial charge in [0.25, 0.3) is 5.91 Å². The summed E-state index contributed by atoms with van der Waals surface area (Å²) < 4.78 is 2.02. The van der Waals surface area contributed by atoms with Gasteiger partial charge >= 0.3 is 0 Å². The lowest BCUT2D eigenvalue weighted by molar-refractivity contribution is 0.0946. The van der Waals surface area contributed by atoms with Gasteiger partial charge in [0, 0.05) is 38.6 Å². The van der Waals surface area contributed by atoms with Gasteiger partial charge in [0.1, 0.15) is 0 Å². The molecule has 6 heteroatoms. The molecular formula is C16H21N5O. The zero-order valence-electron chi connectivity index (χ0n) is 12.6. The predicted molar refractivity (Wildman–Crippen MR) is 84.9 cm³/mol. The van der Waals surface area contributed by atoms with Crippen molar-refractivity contribution in [3.05, 3.63) is 42.4 Å². The third-order valence-corrected chi connectivity index (χ3v) is 3.88. The van der Waals surface area contributed by atoms with E-state index in [2.05, 4.69) is 20.4 Å². The minimum Gasteiger partial charge on any atom is -0.355 e. The number of amides is 1. The first-order chi connectivity index (χ1) is 10.8. The van der Waals surface area contributed by atoms with Gasteiger partial charge in [0.15, 0.2) is 11.5 Å². The first-order valence-corrected chi connectivity index (χ1v) is 7.80. The summed E-state index contributed by atoms with van der Waals surface area (Å²) in [6.45, 7) is 3.37. The molecule has 6 nitrogen and oxygen atoms in total. The predicted octanol–water partition coefficient (Wildman–Crippen LogP) is 1.70. The molecular weight excluding hydrogens is 278 g/mol. The van der Waals surface area contributed by atoms with Crippen LogP contribution in [-0.4, -0.2) is 40.3 Å². The average Bonchev–Trinajstić information content (AvgIpc) is 3.09. The SMILES string of the molecule is O=C(NCCn1cccc1)c1ccc(N2CCCCC2)nn1. The fourth-order valence-electron chi connectivity index (χ4n) is 2.65. The molecule has 0 saturated carbocycles. The lowest BCUT2D eigenvalue weighted by Crippen LogP contribution is -2.31. The van der Waals surface area contributed by atoms with Gasteiger partial charge in [0.05, 0.1) is 0 Å². The Morgan fingerprint density at radius 2 is 1.86 bits per heavy atom. The highest BCUT2D eigenvalue weighted by atomic mass is 16.1. The molecule has 2 aromatic rings. The fraction of sp³-hybridized carbons (Fsp3) is 0.438. The molecule has 3 heterocycles. The van der Waals surface area contributed by atoms with Crippen LogP contribution in [0.5, 0.6) is 0 Å². The van der Waals surface area contributed by atoms with Gasteiger partial charge in [0.2, 0.25) is 0 Å². The monoisotopic (exact) mass is 299 g/mol.